The maximum atomic E-state index is 2.24. The van der Waals surface area contributed by atoms with Crippen LogP contribution >= 0.6 is 0 Å². The molecule has 0 heterocycles. The molecule has 0 saturated carbocycles. The highest BCUT2D eigenvalue weighted by molar-refractivity contribution is 5.86. The molecular weight excluding hydrogens is 167 g/mol. The van der Waals surface area contributed by atoms with E-state index in [1.165, 1.54) is 16.3 Å². The van der Waals surface area contributed by atoms with E-state index < -0.39 is 0 Å². The van der Waals surface area contributed by atoms with Gasteiger partial charge in [0.25, 0.3) is 0 Å². The van der Waals surface area contributed by atoms with Gasteiger partial charge in [-0.15, -0.1) is 0 Å². The summed E-state index contributed by atoms with van der Waals surface area (Å²) in [6.07, 6.45) is 0. The molecule has 0 spiro atoms. The van der Waals surface area contributed by atoms with E-state index in [-0.39, 0.29) is 8.41 Å². The Bertz CT molecular complexity index is 413. The van der Waals surface area contributed by atoms with Crippen molar-refractivity contribution in [3.05, 3.63) is 48.0 Å². The van der Waals surface area contributed by atoms with Crippen LogP contribution in [0.1, 0.15) is 25.3 Å². The molecule has 0 bridgehead atoms. The van der Waals surface area contributed by atoms with E-state index in [1.807, 2.05) is 0 Å². The summed E-state index contributed by atoms with van der Waals surface area (Å²) in [7, 11) is 0. The van der Waals surface area contributed by atoms with E-state index in [0.717, 1.165) is 0 Å². The Kier molecular flexibility index (Phi) is 3.35. The standard InChI is InChI=1S/C13H14.B/c1-10(2)12-9-5-7-11-6-3-4-8-13(11)12;/h3-10H,1-2H3;. The third-order valence-electron chi connectivity index (χ3n) is 2.45. The van der Waals surface area contributed by atoms with E-state index in [0.29, 0.717) is 5.92 Å². The smallest absolute Gasteiger partial charge is 0 e. The minimum Gasteiger partial charge on any atom is -0.0616 e. The average molecular weight is 181 g/mol. The van der Waals surface area contributed by atoms with Crippen molar-refractivity contribution in [3.8, 4) is 0 Å². The number of rotatable bonds is 1. The summed E-state index contributed by atoms with van der Waals surface area (Å²) in [5.41, 5.74) is 1.44. The van der Waals surface area contributed by atoms with Crippen LogP contribution < -0.4 is 0 Å². The first-order valence-corrected chi connectivity index (χ1v) is 4.76. The summed E-state index contributed by atoms with van der Waals surface area (Å²) in [4.78, 5) is 0. The van der Waals surface area contributed by atoms with Gasteiger partial charge in [0.2, 0.25) is 0 Å². The van der Waals surface area contributed by atoms with Crippen LogP contribution in [0.5, 0.6) is 0 Å². The first-order valence-electron chi connectivity index (χ1n) is 4.76. The second-order valence-corrected chi connectivity index (χ2v) is 3.72. The average Bonchev–Trinajstić information content (AvgIpc) is 2.17. The summed E-state index contributed by atoms with van der Waals surface area (Å²) in [6.45, 7) is 4.48. The van der Waals surface area contributed by atoms with E-state index in [2.05, 4.69) is 56.3 Å². The van der Waals surface area contributed by atoms with Gasteiger partial charge < -0.3 is 0 Å². The van der Waals surface area contributed by atoms with Gasteiger partial charge in [0.1, 0.15) is 0 Å². The van der Waals surface area contributed by atoms with E-state index >= 15 is 0 Å². The normalized spacial score (nSPS) is 10.2. The maximum absolute atomic E-state index is 2.24. The lowest BCUT2D eigenvalue weighted by Crippen LogP contribution is -1.88. The predicted octanol–water partition coefficient (Wildman–Crippen LogP) is 3.58. The molecule has 0 aliphatic heterocycles. The Morgan fingerprint density at radius 1 is 0.857 bits per heavy atom. The Balaban J connectivity index is 0.000000980. The van der Waals surface area contributed by atoms with Gasteiger partial charge in [-0.25, -0.2) is 0 Å². The van der Waals surface area contributed by atoms with Crippen LogP contribution in [0.4, 0.5) is 0 Å². The highest BCUT2D eigenvalue weighted by atomic mass is 14.1. The minimum atomic E-state index is 0. The van der Waals surface area contributed by atoms with Gasteiger partial charge >= 0.3 is 0 Å². The highest BCUT2D eigenvalue weighted by Crippen LogP contribution is 2.24. The Labute approximate surface area is 87.5 Å². The molecule has 14 heavy (non-hydrogen) atoms. The van der Waals surface area contributed by atoms with Crippen LogP contribution in [-0.2, 0) is 0 Å². The molecule has 0 atom stereocenters. The fourth-order valence-electron chi connectivity index (χ4n) is 1.75. The monoisotopic (exact) mass is 181 g/mol. The van der Waals surface area contributed by atoms with Crippen LogP contribution in [-0.4, -0.2) is 8.41 Å². The molecule has 0 unspecified atom stereocenters. The first kappa shape index (κ1) is 10.8. The molecule has 0 saturated heterocycles. The topological polar surface area (TPSA) is 0 Å². The van der Waals surface area contributed by atoms with Crippen molar-refractivity contribution in [2.75, 3.05) is 0 Å². The molecule has 0 aliphatic rings. The number of hydrogen-bond donors (Lipinski definition) is 0. The lowest BCUT2D eigenvalue weighted by molar-refractivity contribution is 0.876. The van der Waals surface area contributed by atoms with Gasteiger partial charge in [0.05, 0.1) is 0 Å². The molecule has 0 fully saturated rings. The van der Waals surface area contributed by atoms with Crippen molar-refractivity contribution in [1.29, 1.82) is 0 Å². The van der Waals surface area contributed by atoms with Gasteiger partial charge in [-0.3, -0.25) is 0 Å². The molecule has 2 aromatic carbocycles. The second kappa shape index (κ2) is 4.32. The van der Waals surface area contributed by atoms with Crippen LogP contribution in [0.25, 0.3) is 10.8 Å². The van der Waals surface area contributed by atoms with Crippen molar-refractivity contribution in [3.63, 3.8) is 0 Å². The Morgan fingerprint density at radius 2 is 1.50 bits per heavy atom. The number of benzene rings is 2. The molecule has 0 N–H and O–H groups in total. The van der Waals surface area contributed by atoms with Crippen molar-refractivity contribution < 1.29 is 0 Å². The number of hydrogen-bond acceptors (Lipinski definition) is 0. The molecule has 0 aliphatic carbocycles. The van der Waals surface area contributed by atoms with Gasteiger partial charge in [0, 0.05) is 8.41 Å². The fraction of sp³-hybridized carbons (Fsp3) is 0.231. The highest BCUT2D eigenvalue weighted by Gasteiger charge is 2.02. The van der Waals surface area contributed by atoms with Crippen LogP contribution in [0.2, 0.25) is 0 Å². The fourth-order valence-corrected chi connectivity index (χ4v) is 1.75. The lowest BCUT2D eigenvalue weighted by atomic mass is 9.96. The predicted molar refractivity (Wildman–Crippen MR) is 63.8 cm³/mol. The van der Waals surface area contributed by atoms with Crippen molar-refractivity contribution >= 4 is 19.2 Å². The maximum Gasteiger partial charge on any atom is 0 e. The summed E-state index contributed by atoms with van der Waals surface area (Å²) in [5.74, 6) is 0.603. The molecular formula is C13H14B. The summed E-state index contributed by atoms with van der Waals surface area (Å²) in [5, 5.41) is 2.73. The molecule has 3 radical (unpaired) electrons. The van der Waals surface area contributed by atoms with Crippen LogP contribution in [0, 0.1) is 0 Å². The largest absolute Gasteiger partial charge is 0.0616 e. The second-order valence-electron chi connectivity index (χ2n) is 3.72. The number of fused-ring (bicyclic) bond motifs is 1. The summed E-state index contributed by atoms with van der Waals surface area (Å²) in [6, 6.07) is 15.1. The third kappa shape index (κ3) is 1.82. The molecule has 69 valence electrons. The molecule has 0 aromatic heterocycles. The van der Waals surface area contributed by atoms with Gasteiger partial charge in [-0.2, -0.15) is 0 Å². The lowest BCUT2D eigenvalue weighted by Gasteiger charge is -2.08. The van der Waals surface area contributed by atoms with Crippen molar-refractivity contribution in [2.24, 2.45) is 0 Å². The zero-order chi connectivity index (χ0) is 9.26. The SMILES string of the molecule is CC(C)c1cccc2ccccc12.[B]. The summed E-state index contributed by atoms with van der Waals surface area (Å²) >= 11 is 0. The minimum absolute atomic E-state index is 0. The molecule has 1 heteroatoms. The van der Waals surface area contributed by atoms with Crippen molar-refractivity contribution in [1.82, 2.24) is 0 Å². The van der Waals surface area contributed by atoms with Crippen molar-refractivity contribution in [2.45, 2.75) is 19.8 Å². The molecule has 0 amide bonds. The van der Waals surface area contributed by atoms with Gasteiger partial charge in [-0.1, -0.05) is 56.3 Å². The zero-order valence-corrected chi connectivity index (χ0v) is 8.70. The molecule has 2 rings (SSSR count). The Morgan fingerprint density at radius 3 is 2.21 bits per heavy atom. The van der Waals surface area contributed by atoms with Crippen LogP contribution in [0.15, 0.2) is 42.5 Å². The Hall–Kier alpha value is -1.24. The van der Waals surface area contributed by atoms with Gasteiger partial charge in [-0.05, 0) is 22.3 Å². The van der Waals surface area contributed by atoms with E-state index in [9.17, 15) is 0 Å². The van der Waals surface area contributed by atoms with E-state index in [1.54, 1.807) is 0 Å². The first-order chi connectivity index (χ1) is 6.29. The van der Waals surface area contributed by atoms with Gasteiger partial charge in [0.15, 0.2) is 0 Å². The summed E-state index contributed by atoms with van der Waals surface area (Å²) < 4.78 is 0. The van der Waals surface area contributed by atoms with Crippen LogP contribution in [0.3, 0.4) is 0 Å². The zero-order valence-electron chi connectivity index (χ0n) is 8.70. The quantitative estimate of drug-likeness (QED) is 0.589. The molecule has 2 aromatic rings. The third-order valence-corrected chi connectivity index (χ3v) is 2.45. The van der Waals surface area contributed by atoms with E-state index in [4.69, 9.17) is 0 Å². The molecule has 0 nitrogen and oxygen atoms in total.